The molecule has 57 heavy (non-hydrogen) atoms. The number of halogens is 1. The molecule has 1 saturated carbocycles. The summed E-state index contributed by atoms with van der Waals surface area (Å²) < 4.78 is 40.3. The molecule has 306 valence electrons. The van der Waals surface area contributed by atoms with E-state index in [1.54, 1.807) is 26.8 Å². The van der Waals surface area contributed by atoms with Crippen LogP contribution in [0.3, 0.4) is 0 Å². The quantitative estimate of drug-likeness (QED) is 0.302. The van der Waals surface area contributed by atoms with Gasteiger partial charge < -0.3 is 30.1 Å². The highest BCUT2D eigenvalue weighted by atomic mass is 35.5. The summed E-state index contributed by atoms with van der Waals surface area (Å²) >= 11 is 6.14. The highest BCUT2D eigenvalue weighted by molar-refractivity contribution is 7.90. The van der Waals surface area contributed by atoms with Gasteiger partial charge in [-0.1, -0.05) is 60.9 Å². The zero-order valence-electron chi connectivity index (χ0n) is 31.8. The van der Waals surface area contributed by atoms with Crippen LogP contribution >= 0.6 is 11.6 Å². The van der Waals surface area contributed by atoms with E-state index >= 15 is 0 Å². The molecule has 0 unspecified atom stereocenters. The predicted octanol–water partition coefficient (Wildman–Crippen LogP) is 4.25. The molecule has 6 rings (SSSR count). The standard InChI is InChI=1S/C39H46ClN5O11S/c1-38(2,3)56-36(51)41-29-14-8-6-4-5-7-13-26-19-39(26,35(50)43-57(53,54)31-17-23(34(48)49)15-16-28(31)40)42-32(46)30-18-27(22-45(30)33(29)47)55-37(52)44-20-24-11-9-10-12-25(24)21-44/h7,9-13,15-17,26-27,29-30H,4-6,8,14,18-22H2,1-3H3,(H,41,51)(H,42,46)(H,43,50)(H,48,49)/t26-,27-,29+,30+,39-/m1/s1. The van der Waals surface area contributed by atoms with E-state index in [0.29, 0.717) is 38.8 Å². The second-order valence-corrected chi connectivity index (χ2v) is 17.9. The van der Waals surface area contributed by atoms with Gasteiger partial charge >= 0.3 is 18.2 Å². The first-order valence-electron chi connectivity index (χ1n) is 18.8. The second kappa shape index (κ2) is 16.4. The van der Waals surface area contributed by atoms with E-state index in [1.807, 2.05) is 35.1 Å². The van der Waals surface area contributed by atoms with Crippen molar-refractivity contribution < 1.29 is 51.8 Å². The minimum atomic E-state index is -4.75. The summed E-state index contributed by atoms with van der Waals surface area (Å²) in [5.74, 6) is -4.58. The number of hydrogen-bond acceptors (Lipinski definition) is 10. The van der Waals surface area contributed by atoms with Crippen molar-refractivity contribution in [2.45, 2.75) is 113 Å². The molecule has 5 amide bonds. The predicted molar refractivity (Wildman–Crippen MR) is 204 cm³/mol. The Morgan fingerprint density at radius 1 is 1.02 bits per heavy atom. The summed E-state index contributed by atoms with van der Waals surface area (Å²) in [4.78, 5) is 82.8. The number of aromatic carboxylic acids is 1. The van der Waals surface area contributed by atoms with Gasteiger partial charge in [-0.05, 0) is 75.8 Å². The van der Waals surface area contributed by atoms with Crippen LogP contribution in [0.15, 0.2) is 59.5 Å². The number of fused-ring (bicyclic) bond motifs is 3. The molecule has 5 atom stereocenters. The lowest BCUT2D eigenvalue weighted by molar-refractivity contribution is -0.141. The van der Waals surface area contributed by atoms with Crippen molar-refractivity contribution in [3.05, 3.63) is 76.3 Å². The number of carboxylic acids is 1. The first kappa shape index (κ1) is 41.5. The number of amides is 5. The number of ether oxygens (including phenoxy) is 2. The lowest BCUT2D eigenvalue weighted by atomic mass is 10.0. The fourth-order valence-corrected chi connectivity index (χ4v) is 8.97. The first-order valence-corrected chi connectivity index (χ1v) is 20.6. The zero-order valence-corrected chi connectivity index (χ0v) is 33.4. The number of sulfonamides is 1. The molecule has 1 saturated heterocycles. The molecule has 0 bridgehead atoms. The number of carbonyl (C=O) groups is 6. The average Bonchev–Trinajstić information content (AvgIpc) is 3.43. The second-order valence-electron chi connectivity index (χ2n) is 15.8. The van der Waals surface area contributed by atoms with E-state index in [9.17, 15) is 42.3 Å². The van der Waals surface area contributed by atoms with Crippen molar-refractivity contribution >= 4 is 57.5 Å². The molecule has 16 nitrogen and oxygen atoms in total. The van der Waals surface area contributed by atoms with Gasteiger partial charge in [-0.25, -0.2) is 27.5 Å². The number of carboxylic acid groups (broad SMARTS) is 1. The lowest BCUT2D eigenvalue weighted by Gasteiger charge is -2.30. The zero-order chi connectivity index (χ0) is 41.3. The SMILES string of the molecule is CC(C)(C)OC(=O)N[C@H]1CCCCCC=C[C@@H]2C[C@@]2(C(=O)NS(=O)(=O)c2cc(C(=O)O)ccc2Cl)NC(=O)[C@@H]2C[C@@H](OC(=O)N3Cc4ccccc4C3)CN2C1=O. The number of allylic oxidation sites excluding steroid dienone is 1. The van der Waals surface area contributed by atoms with Crippen LogP contribution < -0.4 is 15.4 Å². The van der Waals surface area contributed by atoms with E-state index in [4.69, 9.17) is 21.1 Å². The highest BCUT2D eigenvalue weighted by Gasteiger charge is 2.62. The Kier molecular flexibility index (Phi) is 11.9. The Bertz CT molecular complexity index is 2080. The fourth-order valence-electron chi connectivity index (χ4n) is 7.40. The van der Waals surface area contributed by atoms with Gasteiger partial charge in [0.2, 0.25) is 11.8 Å². The molecule has 0 aromatic heterocycles. The Hall–Kier alpha value is -5.16. The molecule has 2 fully saturated rings. The monoisotopic (exact) mass is 827 g/mol. The van der Waals surface area contributed by atoms with Crippen LogP contribution in [0.5, 0.6) is 0 Å². The first-order chi connectivity index (χ1) is 26.9. The summed E-state index contributed by atoms with van der Waals surface area (Å²) in [6.07, 6.45) is 3.71. The Morgan fingerprint density at radius 3 is 2.39 bits per heavy atom. The smallest absolute Gasteiger partial charge is 0.410 e. The molecule has 4 aliphatic rings. The van der Waals surface area contributed by atoms with Crippen molar-refractivity contribution in [3.8, 4) is 0 Å². The molecule has 18 heteroatoms. The maximum Gasteiger partial charge on any atom is 0.410 e. The van der Waals surface area contributed by atoms with E-state index in [-0.39, 0.29) is 36.4 Å². The van der Waals surface area contributed by atoms with Crippen LogP contribution in [0.1, 0.15) is 87.2 Å². The molecular formula is C39H46ClN5O11S. The largest absolute Gasteiger partial charge is 0.478 e. The molecule has 2 aromatic rings. The van der Waals surface area contributed by atoms with Crippen LogP contribution in [0.4, 0.5) is 9.59 Å². The van der Waals surface area contributed by atoms with Crippen LogP contribution in [-0.2, 0) is 47.0 Å². The third-order valence-corrected chi connectivity index (χ3v) is 12.2. The van der Waals surface area contributed by atoms with E-state index in [1.165, 1.54) is 9.80 Å². The minimum Gasteiger partial charge on any atom is -0.478 e. The number of nitrogens with one attached hydrogen (secondary N) is 3. The summed E-state index contributed by atoms with van der Waals surface area (Å²) in [5.41, 5.74) is -1.09. The molecule has 0 spiro atoms. The van der Waals surface area contributed by atoms with Crippen LogP contribution in [0.2, 0.25) is 5.02 Å². The maximum absolute atomic E-state index is 14.4. The third kappa shape index (κ3) is 9.52. The number of hydrogen-bond donors (Lipinski definition) is 4. The molecule has 2 aromatic carbocycles. The molecule has 3 heterocycles. The van der Waals surface area contributed by atoms with E-state index in [0.717, 1.165) is 29.3 Å². The number of benzene rings is 2. The number of rotatable bonds is 6. The topological polar surface area (TPSA) is 218 Å². The number of carbonyl (C=O) groups excluding carboxylic acids is 5. The molecular weight excluding hydrogens is 782 g/mol. The highest BCUT2D eigenvalue weighted by Crippen LogP contribution is 2.46. The van der Waals surface area contributed by atoms with Crippen molar-refractivity contribution in [2.24, 2.45) is 5.92 Å². The maximum atomic E-state index is 14.4. The van der Waals surface area contributed by atoms with Gasteiger partial charge in [0.05, 0.1) is 17.1 Å². The fraction of sp³-hybridized carbons (Fsp3) is 0.487. The van der Waals surface area contributed by atoms with Gasteiger partial charge in [-0.2, -0.15) is 0 Å². The normalized spacial score (nSPS) is 25.1. The van der Waals surface area contributed by atoms with Gasteiger partial charge in [-0.15, -0.1) is 0 Å². The molecule has 0 radical (unpaired) electrons. The van der Waals surface area contributed by atoms with Crippen molar-refractivity contribution in [2.75, 3.05) is 6.54 Å². The summed E-state index contributed by atoms with van der Waals surface area (Å²) in [5, 5.41) is 14.5. The average molecular weight is 828 g/mol. The number of alkyl carbamates (subject to hydrolysis) is 1. The lowest BCUT2D eigenvalue weighted by Crippen LogP contribution is -2.58. The van der Waals surface area contributed by atoms with Crippen LogP contribution in [0, 0.1) is 5.92 Å². The van der Waals surface area contributed by atoms with Gasteiger partial charge in [0.25, 0.3) is 15.9 Å². The minimum absolute atomic E-state index is 0.0108. The Morgan fingerprint density at radius 2 is 1.72 bits per heavy atom. The number of nitrogens with zero attached hydrogens (tertiary/aromatic N) is 2. The molecule has 3 aliphatic heterocycles. The van der Waals surface area contributed by atoms with Crippen LogP contribution in [-0.4, -0.2) is 95.1 Å². The summed E-state index contributed by atoms with van der Waals surface area (Å²) in [7, 11) is -4.75. The van der Waals surface area contributed by atoms with Gasteiger partial charge in [0.1, 0.15) is 34.2 Å². The van der Waals surface area contributed by atoms with Gasteiger partial charge in [0.15, 0.2) is 0 Å². The van der Waals surface area contributed by atoms with Crippen molar-refractivity contribution in [1.29, 1.82) is 0 Å². The van der Waals surface area contributed by atoms with Crippen LogP contribution in [0.25, 0.3) is 0 Å². The van der Waals surface area contributed by atoms with Gasteiger partial charge in [0, 0.05) is 25.4 Å². The van der Waals surface area contributed by atoms with E-state index < -0.39 is 86.0 Å². The molecule has 4 N–H and O–H groups in total. The van der Waals surface area contributed by atoms with E-state index in [2.05, 4.69) is 10.6 Å². The summed E-state index contributed by atoms with van der Waals surface area (Å²) in [6, 6.07) is 8.18. The van der Waals surface area contributed by atoms with Crippen molar-refractivity contribution in [1.82, 2.24) is 25.2 Å². The van der Waals surface area contributed by atoms with Crippen molar-refractivity contribution in [3.63, 3.8) is 0 Å². The Labute approximate surface area is 335 Å². The Balaban J connectivity index is 1.28. The third-order valence-electron chi connectivity index (χ3n) is 10.4. The summed E-state index contributed by atoms with van der Waals surface area (Å²) in [6.45, 7) is 5.48. The van der Waals surface area contributed by atoms with Gasteiger partial charge in [-0.3, -0.25) is 19.3 Å². The molecule has 1 aliphatic carbocycles.